The number of hydrogen-bond donors (Lipinski definition) is 0. The lowest BCUT2D eigenvalue weighted by atomic mass is 9.94. The molecule has 1 aromatic heterocycles. The van der Waals surface area contributed by atoms with E-state index in [1.54, 1.807) is 18.3 Å². The van der Waals surface area contributed by atoms with Crippen LogP contribution in [0.5, 0.6) is 0 Å². The summed E-state index contributed by atoms with van der Waals surface area (Å²) >= 11 is 0. The minimum Gasteiger partial charge on any atom is -0.264 e. The molecule has 0 bridgehead atoms. The maximum absolute atomic E-state index is 13.1. The molecule has 0 amide bonds. The second-order valence-corrected chi connectivity index (χ2v) is 4.64. The van der Waals surface area contributed by atoms with Gasteiger partial charge in [-0.15, -0.1) is 12.4 Å². The first kappa shape index (κ1) is 13.0. The highest BCUT2D eigenvalue weighted by Gasteiger charge is 2.22. The van der Waals surface area contributed by atoms with Crippen LogP contribution in [0.1, 0.15) is 29.0 Å². The summed E-state index contributed by atoms with van der Waals surface area (Å²) in [7, 11) is 0. The van der Waals surface area contributed by atoms with Gasteiger partial charge in [0.1, 0.15) is 5.82 Å². The van der Waals surface area contributed by atoms with Crippen LogP contribution < -0.4 is 0 Å². The van der Waals surface area contributed by atoms with Crippen molar-refractivity contribution in [3.05, 3.63) is 65.2 Å². The van der Waals surface area contributed by atoms with Gasteiger partial charge in [0.05, 0.1) is 0 Å². The Morgan fingerprint density at radius 2 is 2.17 bits per heavy atom. The smallest absolute Gasteiger partial charge is 0.123 e. The zero-order valence-electron chi connectivity index (χ0n) is 9.97. The van der Waals surface area contributed by atoms with E-state index < -0.39 is 0 Å². The highest BCUT2D eigenvalue weighted by Crippen LogP contribution is 2.35. The van der Waals surface area contributed by atoms with E-state index in [4.69, 9.17) is 0 Å². The summed E-state index contributed by atoms with van der Waals surface area (Å²) in [4.78, 5) is 4.14. The third-order valence-electron chi connectivity index (χ3n) is 3.51. The Bertz CT molecular complexity index is 527. The van der Waals surface area contributed by atoms with Crippen molar-refractivity contribution in [3.63, 3.8) is 0 Å². The molecule has 1 heterocycles. The summed E-state index contributed by atoms with van der Waals surface area (Å²) in [5.41, 5.74) is 3.75. The Kier molecular flexibility index (Phi) is 3.97. The van der Waals surface area contributed by atoms with Gasteiger partial charge in [0.15, 0.2) is 0 Å². The minimum absolute atomic E-state index is 0. The van der Waals surface area contributed by atoms with Gasteiger partial charge in [-0.3, -0.25) is 4.98 Å². The van der Waals surface area contributed by atoms with E-state index in [1.807, 2.05) is 18.3 Å². The molecule has 1 nitrogen and oxygen atoms in total. The van der Waals surface area contributed by atoms with Gasteiger partial charge in [-0.05, 0) is 60.1 Å². The number of aryl methyl sites for hydroxylation is 1. The summed E-state index contributed by atoms with van der Waals surface area (Å²) < 4.78 is 13.1. The zero-order valence-corrected chi connectivity index (χ0v) is 10.8. The molecular weight excluding hydrogens is 249 g/mol. The van der Waals surface area contributed by atoms with E-state index >= 15 is 0 Å². The standard InChI is InChI=1S/C15H14FN.ClH/c16-14-5-6-15-12(3-4-13(15)9-14)8-11-2-1-7-17-10-11;/h1-2,5-7,9-10,12H,3-4,8H2;1H. The van der Waals surface area contributed by atoms with Crippen molar-refractivity contribution in [2.75, 3.05) is 0 Å². The van der Waals surface area contributed by atoms with Gasteiger partial charge < -0.3 is 0 Å². The van der Waals surface area contributed by atoms with Crippen LogP contribution in [0.15, 0.2) is 42.7 Å². The Hall–Kier alpha value is -1.41. The lowest BCUT2D eigenvalue weighted by Gasteiger charge is -2.11. The molecule has 0 spiro atoms. The van der Waals surface area contributed by atoms with Crippen molar-refractivity contribution in [1.29, 1.82) is 0 Å². The summed E-state index contributed by atoms with van der Waals surface area (Å²) in [5.74, 6) is 0.403. The molecule has 1 aromatic carbocycles. The number of nitrogens with zero attached hydrogens (tertiary/aromatic N) is 1. The lowest BCUT2D eigenvalue weighted by Crippen LogP contribution is -1.99. The molecule has 0 aliphatic heterocycles. The molecule has 0 saturated heterocycles. The number of halogens is 2. The fourth-order valence-corrected chi connectivity index (χ4v) is 2.69. The van der Waals surface area contributed by atoms with Gasteiger partial charge in [-0.2, -0.15) is 0 Å². The quantitative estimate of drug-likeness (QED) is 0.800. The predicted molar refractivity (Wildman–Crippen MR) is 72.7 cm³/mol. The fraction of sp³-hybridized carbons (Fsp3) is 0.267. The van der Waals surface area contributed by atoms with Gasteiger partial charge in [0.25, 0.3) is 0 Å². The largest absolute Gasteiger partial charge is 0.264 e. The molecule has 0 fully saturated rings. The number of benzene rings is 1. The van der Waals surface area contributed by atoms with Crippen LogP contribution in [0.4, 0.5) is 4.39 Å². The Morgan fingerprint density at radius 1 is 1.28 bits per heavy atom. The van der Waals surface area contributed by atoms with Crippen molar-refractivity contribution in [2.45, 2.75) is 25.2 Å². The molecule has 2 aromatic rings. The number of rotatable bonds is 2. The van der Waals surface area contributed by atoms with Crippen LogP contribution >= 0.6 is 12.4 Å². The van der Waals surface area contributed by atoms with Gasteiger partial charge in [0, 0.05) is 12.4 Å². The van der Waals surface area contributed by atoms with Crippen molar-refractivity contribution < 1.29 is 4.39 Å². The van der Waals surface area contributed by atoms with Crippen molar-refractivity contribution in [2.24, 2.45) is 0 Å². The molecule has 94 valence electrons. The van der Waals surface area contributed by atoms with Crippen LogP contribution in [0, 0.1) is 5.82 Å². The minimum atomic E-state index is -0.120. The van der Waals surface area contributed by atoms with E-state index in [1.165, 1.54) is 16.7 Å². The average Bonchev–Trinajstić information content (AvgIpc) is 2.73. The fourth-order valence-electron chi connectivity index (χ4n) is 2.69. The topological polar surface area (TPSA) is 12.9 Å². The SMILES string of the molecule is Cl.Fc1ccc2c(c1)CCC2Cc1cccnc1. The molecule has 1 aliphatic carbocycles. The highest BCUT2D eigenvalue weighted by molar-refractivity contribution is 5.85. The molecular formula is C15H15ClFN. The molecule has 1 unspecified atom stereocenters. The van der Waals surface area contributed by atoms with Crippen molar-refractivity contribution in [3.8, 4) is 0 Å². The van der Waals surface area contributed by atoms with Gasteiger partial charge >= 0.3 is 0 Å². The normalized spacial score (nSPS) is 17.1. The van der Waals surface area contributed by atoms with Crippen LogP contribution in [-0.4, -0.2) is 4.98 Å². The van der Waals surface area contributed by atoms with Crippen LogP contribution in [-0.2, 0) is 12.8 Å². The van der Waals surface area contributed by atoms with E-state index in [-0.39, 0.29) is 18.2 Å². The Balaban J connectivity index is 0.00000120. The summed E-state index contributed by atoms with van der Waals surface area (Å²) in [6.45, 7) is 0. The molecule has 3 rings (SSSR count). The second-order valence-electron chi connectivity index (χ2n) is 4.64. The second kappa shape index (κ2) is 5.49. The van der Waals surface area contributed by atoms with Crippen molar-refractivity contribution >= 4 is 12.4 Å². The number of aromatic nitrogens is 1. The number of pyridine rings is 1. The third-order valence-corrected chi connectivity index (χ3v) is 3.51. The van der Waals surface area contributed by atoms with Crippen molar-refractivity contribution in [1.82, 2.24) is 4.98 Å². The summed E-state index contributed by atoms with van der Waals surface area (Å²) in [5, 5.41) is 0. The maximum Gasteiger partial charge on any atom is 0.123 e. The number of fused-ring (bicyclic) bond motifs is 1. The first-order valence-electron chi connectivity index (χ1n) is 6.00. The van der Waals surface area contributed by atoms with E-state index in [2.05, 4.69) is 11.1 Å². The van der Waals surface area contributed by atoms with Crippen LogP contribution in [0.25, 0.3) is 0 Å². The molecule has 1 aliphatic rings. The lowest BCUT2D eigenvalue weighted by molar-refractivity contribution is 0.625. The predicted octanol–water partition coefficient (Wildman–Crippen LogP) is 3.92. The van der Waals surface area contributed by atoms with Crippen LogP contribution in [0.3, 0.4) is 0 Å². The number of hydrogen-bond acceptors (Lipinski definition) is 1. The van der Waals surface area contributed by atoms with Crippen LogP contribution in [0.2, 0.25) is 0 Å². The first-order chi connectivity index (χ1) is 8.33. The molecule has 0 saturated carbocycles. The Labute approximate surface area is 112 Å². The van der Waals surface area contributed by atoms with Gasteiger partial charge in [-0.25, -0.2) is 4.39 Å². The van der Waals surface area contributed by atoms with Gasteiger partial charge in [-0.1, -0.05) is 12.1 Å². The van der Waals surface area contributed by atoms with E-state index in [9.17, 15) is 4.39 Å². The molecule has 3 heteroatoms. The summed E-state index contributed by atoms with van der Waals surface area (Å²) in [6, 6.07) is 9.27. The Morgan fingerprint density at radius 3 is 2.94 bits per heavy atom. The zero-order chi connectivity index (χ0) is 11.7. The van der Waals surface area contributed by atoms with Gasteiger partial charge in [0.2, 0.25) is 0 Å². The third kappa shape index (κ3) is 2.54. The molecule has 1 atom stereocenters. The monoisotopic (exact) mass is 263 g/mol. The summed E-state index contributed by atoms with van der Waals surface area (Å²) in [6.07, 6.45) is 6.83. The highest BCUT2D eigenvalue weighted by atomic mass is 35.5. The van der Waals surface area contributed by atoms with E-state index in [0.717, 1.165) is 19.3 Å². The maximum atomic E-state index is 13.1. The molecule has 18 heavy (non-hydrogen) atoms. The molecule has 0 radical (unpaired) electrons. The average molecular weight is 264 g/mol. The van der Waals surface area contributed by atoms with E-state index in [0.29, 0.717) is 5.92 Å². The molecule has 0 N–H and O–H groups in total. The first-order valence-corrected chi connectivity index (χ1v) is 6.00.